The molecule has 0 aliphatic carbocycles. The Morgan fingerprint density at radius 2 is 1.67 bits per heavy atom. The summed E-state index contributed by atoms with van der Waals surface area (Å²) in [4.78, 5) is 12.3. The molecule has 0 atom stereocenters. The number of nitrogens with zero attached hydrogens (tertiary/aromatic N) is 1. The van der Waals surface area contributed by atoms with Crippen molar-refractivity contribution in [3.8, 4) is 11.1 Å². The van der Waals surface area contributed by atoms with Gasteiger partial charge in [0, 0.05) is 30.9 Å². The van der Waals surface area contributed by atoms with Gasteiger partial charge >= 0.3 is 0 Å². The first kappa shape index (κ1) is 20.2. The maximum atomic E-state index is 12.3. The van der Waals surface area contributed by atoms with E-state index in [4.69, 9.17) is 0 Å². The molecule has 0 spiro atoms. The summed E-state index contributed by atoms with van der Waals surface area (Å²) in [6, 6.07) is 6.51. The van der Waals surface area contributed by atoms with E-state index in [-0.39, 0.29) is 5.56 Å². The minimum atomic E-state index is 0.147. The quantitative estimate of drug-likeness (QED) is 0.843. The molecule has 0 unspecified atom stereocenters. The van der Waals surface area contributed by atoms with Crippen LogP contribution in [0.15, 0.2) is 29.2 Å². The second-order valence-electron chi connectivity index (χ2n) is 5.64. The summed E-state index contributed by atoms with van der Waals surface area (Å²) in [6.45, 7) is 13.9. The second-order valence-corrected chi connectivity index (χ2v) is 5.64. The van der Waals surface area contributed by atoms with Crippen LogP contribution in [0.25, 0.3) is 11.1 Å². The van der Waals surface area contributed by atoms with E-state index in [2.05, 4.69) is 37.4 Å². The first-order chi connectivity index (χ1) is 11.6. The predicted molar refractivity (Wildman–Crippen MR) is 105 cm³/mol. The second kappa shape index (κ2) is 9.43. The van der Waals surface area contributed by atoms with Crippen molar-refractivity contribution in [3.63, 3.8) is 0 Å². The molecule has 3 heteroatoms. The van der Waals surface area contributed by atoms with Crippen LogP contribution in [0.5, 0.6) is 0 Å². The lowest BCUT2D eigenvalue weighted by Gasteiger charge is -2.21. The van der Waals surface area contributed by atoms with Crippen LogP contribution in [0.4, 0.5) is 0 Å². The van der Waals surface area contributed by atoms with Crippen LogP contribution in [0.1, 0.15) is 49.9 Å². The van der Waals surface area contributed by atoms with Gasteiger partial charge in [-0.25, -0.2) is 0 Å². The number of rotatable bonds is 1. The highest BCUT2D eigenvalue weighted by Gasteiger charge is 2.18. The number of hydrogen-bond acceptors (Lipinski definition) is 2. The molecule has 3 rings (SSSR count). The van der Waals surface area contributed by atoms with Gasteiger partial charge in [0.15, 0.2) is 0 Å². The first-order valence-electron chi connectivity index (χ1n) is 9.07. The maximum Gasteiger partial charge on any atom is 0.253 e. The first-order valence-corrected chi connectivity index (χ1v) is 9.07. The smallest absolute Gasteiger partial charge is 0.253 e. The minimum Gasteiger partial charge on any atom is -0.318 e. The minimum absolute atomic E-state index is 0.147. The van der Waals surface area contributed by atoms with Crippen molar-refractivity contribution < 1.29 is 0 Å². The molecule has 1 aromatic carbocycles. The Bertz CT molecular complexity index is 729. The van der Waals surface area contributed by atoms with Crippen LogP contribution >= 0.6 is 0 Å². The third kappa shape index (κ3) is 4.15. The zero-order valence-electron chi connectivity index (χ0n) is 16.3. The molecule has 24 heavy (non-hydrogen) atoms. The summed E-state index contributed by atoms with van der Waals surface area (Å²) >= 11 is 0. The maximum absolute atomic E-state index is 12.3. The molecule has 1 aliphatic rings. The van der Waals surface area contributed by atoms with Crippen LogP contribution in [0.3, 0.4) is 0 Å². The van der Waals surface area contributed by atoms with Gasteiger partial charge in [-0.05, 0) is 49.1 Å². The highest BCUT2D eigenvalue weighted by Crippen LogP contribution is 2.27. The Kier molecular flexibility index (Phi) is 7.93. The standard InChI is InChI=1S/C17H20N2O.2C2H6/c1-11-4-5-13(8-12(11)2)16-10-19(3)17(20)14-6-7-18-9-15(14)16;2*1-2/h4-5,8,10,18H,6-7,9H2,1-3H3;2*1-2H3. The number of benzene rings is 1. The SMILES string of the molecule is CC.CC.Cc1ccc(-c2cn(C)c(=O)c3c2CNCC3)cc1C. The molecule has 0 fully saturated rings. The molecule has 0 radical (unpaired) electrons. The molecule has 1 N–H and O–H groups in total. The summed E-state index contributed by atoms with van der Waals surface area (Å²) in [7, 11) is 1.84. The molecular weight excluding hydrogens is 296 g/mol. The van der Waals surface area contributed by atoms with Crippen molar-refractivity contribution in [3.05, 3.63) is 57.0 Å². The molecule has 3 nitrogen and oxygen atoms in total. The van der Waals surface area contributed by atoms with Crippen LogP contribution in [-0.2, 0) is 20.0 Å². The molecule has 1 aromatic heterocycles. The van der Waals surface area contributed by atoms with E-state index < -0.39 is 0 Å². The summed E-state index contributed by atoms with van der Waals surface area (Å²) in [6.07, 6.45) is 2.79. The van der Waals surface area contributed by atoms with Gasteiger partial charge in [0.25, 0.3) is 5.56 Å². The van der Waals surface area contributed by atoms with E-state index >= 15 is 0 Å². The summed E-state index contributed by atoms with van der Waals surface area (Å²) in [5.74, 6) is 0. The highest BCUT2D eigenvalue weighted by molar-refractivity contribution is 5.69. The number of nitrogens with one attached hydrogen (secondary N) is 1. The van der Waals surface area contributed by atoms with E-state index in [0.717, 1.165) is 25.1 Å². The summed E-state index contributed by atoms with van der Waals surface area (Å²) < 4.78 is 1.72. The van der Waals surface area contributed by atoms with Crippen molar-refractivity contribution >= 4 is 0 Å². The number of aryl methyl sites for hydroxylation is 3. The number of fused-ring (bicyclic) bond motifs is 1. The van der Waals surface area contributed by atoms with Gasteiger partial charge in [0.2, 0.25) is 0 Å². The molecule has 0 bridgehead atoms. The van der Waals surface area contributed by atoms with Crippen LogP contribution in [0, 0.1) is 13.8 Å². The van der Waals surface area contributed by atoms with Gasteiger partial charge in [0.1, 0.15) is 0 Å². The van der Waals surface area contributed by atoms with Crippen molar-refractivity contribution in [1.29, 1.82) is 0 Å². The Morgan fingerprint density at radius 3 is 2.29 bits per heavy atom. The van der Waals surface area contributed by atoms with Crippen LogP contribution in [0.2, 0.25) is 0 Å². The fourth-order valence-corrected chi connectivity index (χ4v) is 2.88. The molecule has 1 aliphatic heterocycles. The van der Waals surface area contributed by atoms with Gasteiger partial charge in [-0.2, -0.15) is 0 Å². The van der Waals surface area contributed by atoms with E-state index in [1.165, 1.54) is 27.8 Å². The summed E-state index contributed by atoms with van der Waals surface area (Å²) in [5, 5.41) is 3.38. The van der Waals surface area contributed by atoms with Gasteiger partial charge in [0.05, 0.1) is 0 Å². The fourth-order valence-electron chi connectivity index (χ4n) is 2.88. The average molecular weight is 329 g/mol. The lowest BCUT2D eigenvalue weighted by Crippen LogP contribution is -2.33. The lowest BCUT2D eigenvalue weighted by atomic mass is 9.92. The van der Waals surface area contributed by atoms with E-state index in [9.17, 15) is 4.79 Å². The molecule has 2 heterocycles. The van der Waals surface area contributed by atoms with Crippen LogP contribution < -0.4 is 10.9 Å². The van der Waals surface area contributed by atoms with E-state index in [1.807, 2.05) is 40.9 Å². The van der Waals surface area contributed by atoms with Crippen LogP contribution in [-0.4, -0.2) is 11.1 Å². The fraction of sp³-hybridized carbons (Fsp3) is 0.476. The Hall–Kier alpha value is -1.87. The molecule has 0 saturated heterocycles. The van der Waals surface area contributed by atoms with E-state index in [1.54, 1.807) is 4.57 Å². The number of aromatic nitrogens is 1. The average Bonchev–Trinajstić information content (AvgIpc) is 2.64. The molecule has 0 amide bonds. The topological polar surface area (TPSA) is 34.0 Å². The number of pyridine rings is 1. The Labute approximate surface area is 146 Å². The molecule has 2 aromatic rings. The Balaban J connectivity index is 0.000000671. The zero-order valence-corrected chi connectivity index (χ0v) is 16.3. The summed E-state index contributed by atoms with van der Waals surface area (Å²) in [5.41, 5.74) is 7.25. The third-order valence-electron chi connectivity index (χ3n) is 4.26. The monoisotopic (exact) mass is 328 g/mol. The lowest BCUT2D eigenvalue weighted by molar-refractivity contribution is 0.629. The highest BCUT2D eigenvalue weighted by atomic mass is 16.1. The normalized spacial score (nSPS) is 12.3. The third-order valence-corrected chi connectivity index (χ3v) is 4.26. The molecule has 132 valence electrons. The largest absolute Gasteiger partial charge is 0.318 e. The molecular formula is C21H32N2O. The Morgan fingerprint density at radius 1 is 1.00 bits per heavy atom. The van der Waals surface area contributed by atoms with Gasteiger partial charge in [-0.3, -0.25) is 4.79 Å². The van der Waals surface area contributed by atoms with Crippen molar-refractivity contribution in [2.45, 2.75) is 54.5 Å². The van der Waals surface area contributed by atoms with Gasteiger partial charge < -0.3 is 9.88 Å². The molecule has 0 saturated carbocycles. The number of hydrogen-bond donors (Lipinski definition) is 1. The van der Waals surface area contributed by atoms with Crippen molar-refractivity contribution in [2.75, 3.05) is 6.54 Å². The van der Waals surface area contributed by atoms with Crippen molar-refractivity contribution in [1.82, 2.24) is 9.88 Å². The van der Waals surface area contributed by atoms with E-state index in [0.29, 0.717) is 0 Å². The zero-order chi connectivity index (χ0) is 18.3. The van der Waals surface area contributed by atoms with Crippen molar-refractivity contribution in [2.24, 2.45) is 7.05 Å². The van der Waals surface area contributed by atoms with Gasteiger partial charge in [-0.15, -0.1) is 0 Å². The predicted octanol–water partition coefficient (Wildman–Crippen LogP) is 4.37. The van der Waals surface area contributed by atoms with Gasteiger partial charge in [-0.1, -0.05) is 45.9 Å².